The van der Waals surface area contributed by atoms with Crippen LogP contribution < -0.4 is 4.74 Å². The number of carbonyl (C=O) groups is 1. The van der Waals surface area contributed by atoms with E-state index in [1.54, 1.807) is 25.1 Å². The maximum absolute atomic E-state index is 10.9. The summed E-state index contributed by atoms with van der Waals surface area (Å²) >= 11 is 0. The normalized spacial score (nSPS) is 9.68. The molecule has 0 fully saturated rings. The lowest BCUT2D eigenvalue weighted by molar-refractivity contribution is 0.0696. The molecule has 1 aromatic heterocycles. The van der Waals surface area contributed by atoms with Gasteiger partial charge in [-0.3, -0.25) is 0 Å². The van der Waals surface area contributed by atoms with E-state index in [0.717, 1.165) is 0 Å². The van der Waals surface area contributed by atoms with E-state index in [4.69, 9.17) is 15.1 Å². The summed E-state index contributed by atoms with van der Waals surface area (Å²) in [5.41, 5.74) is 1.12. The van der Waals surface area contributed by atoms with E-state index in [2.05, 4.69) is 4.98 Å². The summed E-state index contributed by atoms with van der Waals surface area (Å²) in [6.45, 7) is 1.68. The lowest BCUT2D eigenvalue weighted by atomic mass is 10.1. The molecule has 0 radical (unpaired) electrons. The van der Waals surface area contributed by atoms with Crippen LogP contribution in [0.2, 0.25) is 0 Å². The lowest BCUT2D eigenvalue weighted by Gasteiger charge is -2.07. The second kappa shape index (κ2) is 5.19. The lowest BCUT2D eigenvalue weighted by Crippen LogP contribution is -2.00. The van der Waals surface area contributed by atoms with Crippen LogP contribution in [0.25, 0.3) is 0 Å². The van der Waals surface area contributed by atoms with Crippen molar-refractivity contribution in [1.29, 1.82) is 5.26 Å². The Morgan fingerprint density at radius 2 is 2.21 bits per heavy atom. The highest BCUT2D eigenvalue weighted by molar-refractivity contribution is 5.89. The fourth-order valence-electron chi connectivity index (χ4n) is 1.61. The molecule has 0 saturated heterocycles. The first kappa shape index (κ1) is 12.6. The summed E-state index contributed by atoms with van der Waals surface area (Å²) in [5.74, 6) is -0.343. The number of rotatable bonds is 3. The summed E-state index contributed by atoms with van der Waals surface area (Å²) < 4.78 is 5.49. The number of hydrogen-bond donors (Lipinski definition) is 1. The van der Waals surface area contributed by atoms with Crippen molar-refractivity contribution in [2.24, 2.45) is 0 Å². The van der Waals surface area contributed by atoms with Gasteiger partial charge in [0.25, 0.3) is 0 Å². The van der Waals surface area contributed by atoms with Gasteiger partial charge < -0.3 is 9.84 Å². The Bertz CT molecular complexity index is 675. The van der Waals surface area contributed by atoms with E-state index in [1.807, 2.05) is 6.07 Å². The van der Waals surface area contributed by atoms with Crippen molar-refractivity contribution in [3.63, 3.8) is 0 Å². The Labute approximate surface area is 109 Å². The quantitative estimate of drug-likeness (QED) is 0.910. The van der Waals surface area contributed by atoms with E-state index >= 15 is 0 Å². The van der Waals surface area contributed by atoms with Gasteiger partial charge in [-0.05, 0) is 42.8 Å². The van der Waals surface area contributed by atoms with Crippen LogP contribution in [0.4, 0.5) is 0 Å². The first-order valence-corrected chi connectivity index (χ1v) is 5.48. The molecule has 1 heterocycles. The summed E-state index contributed by atoms with van der Waals surface area (Å²) in [6, 6.07) is 9.81. The predicted octanol–water partition coefficient (Wildman–Crippen LogP) is 2.75. The van der Waals surface area contributed by atoms with Gasteiger partial charge in [0.2, 0.25) is 5.88 Å². The van der Waals surface area contributed by atoms with Gasteiger partial charge in [-0.25, -0.2) is 9.78 Å². The third-order valence-electron chi connectivity index (χ3n) is 2.53. The smallest absolute Gasteiger partial charge is 0.335 e. The zero-order chi connectivity index (χ0) is 13.8. The molecule has 0 saturated carbocycles. The molecule has 5 heteroatoms. The predicted molar refractivity (Wildman–Crippen MR) is 67.2 cm³/mol. The fourth-order valence-corrected chi connectivity index (χ4v) is 1.61. The van der Waals surface area contributed by atoms with Crippen molar-refractivity contribution in [1.82, 2.24) is 4.98 Å². The average molecular weight is 254 g/mol. The second-order valence-electron chi connectivity index (χ2n) is 3.85. The molecule has 1 N–H and O–H groups in total. The van der Waals surface area contributed by atoms with E-state index in [1.165, 1.54) is 18.3 Å². The average Bonchev–Trinajstić information content (AvgIpc) is 2.39. The molecule has 0 atom stereocenters. The monoisotopic (exact) mass is 254 g/mol. The molecule has 0 unspecified atom stereocenters. The van der Waals surface area contributed by atoms with Gasteiger partial charge >= 0.3 is 5.97 Å². The van der Waals surface area contributed by atoms with E-state index in [9.17, 15) is 4.79 Å². The van der Waals surface area contributed by atoms with Crippen molar-refractivity contribution in [2.45, 2.75) is 6.92 Å². The minimum atomic E-state index is -0.986. The molecule has 19 heavy (non-hydrogen) atoms. The highest BCUT2D eigenvalue weighted by Crippen LogP contribution is 2.24. The minimum Gasteiger partial charge on any atom is -0.478 e. The van der Waals surface area contributed by atoms with E-state index < -0.39 is 5.97 Å². The second-order valence-corrected chi connectivity index (χ2v) is 3.85. The zero-order valence-electron chi connectivity index (χ0n) is 10.1. The van der Waals surface area contributed by atoms with Gasteiger partial charge in [0.15, 0.2) is 0 Å². The van der Waals surface area contributed by atoms with Crippen LogP contribution in [0.15, 0.2) is 36.5 Å². The Morgan fingerprint density at radius 3 is 2.84 bits per heavy atom. The molecule has 94 valence electrons. The number of aromatic nitrogens is 1. The summed E-state index contributed by atoms with van der Waals surface area (Å²) in [7, 11) is 0. The fraction of sp³-hybridized carbons (Fsp3) is 0.0714. The SMILES string of the molecule is Cc1cc(Oc2ncccc2C#N)ccc1C(=O)O. The molecule has 1 aromatic carbocycles. The first-order valence-electron chi connectivity index (χ1n) is 5.48. The zero-order valence-corrected chi connectivity index (χ0v) is 10.1. The van der Waals surface area contributed by atoms with E-state index in [-0.39, 0.29) is 11.4 Å². The number of carboxylic acids is 1. The summed E-state index contributed by atoms with van der Waals surface area (Å²) in [6.07, 6.45) is 1.52. The number of carboxylic acid groups (broad SMARTS) is 1. The molecule has 5 nitrogen and oxygen atoms in total. The Kier molecular flexibility index (Phi) is 3.44. The van der Waals surface area contributed by atoms with Gasteiger partial charge in [-0.15, -0.1) is 0 Å². The Hall–Kier alpha value is -2.87. The third kappa shape index (κ3) is 2.69. The van der Waals surface area contributed by atoms with Crippen LogP contribution in [-0.2, 0) is 0 Å². The molecule has 0 spiro atoms. The molecule has 0 bridgehead atoms. The maximum Gasteiger partial charge on any atom is 0.335 e. The van der Waals surface area contributed by atoms with Crippen LogP contribution in [0.1, 0.15) is 21.5 Å². The van der Waals surface area contributed by atoms with Crippen molar-refractivity contribution in [3.05, 3.63) is 53.2 Å². The van der Waals surface area contributed by atoms with Gasteiger partial charge in [0.1, 0.15) is 17.4 Å². The largest absolute Gasteiger partial charge is 0.478 e. The number of nitrogens with zero attached hydrogens (tertiary/aromatic N) is 2. The van der Waals surface area contributed by atoms with Gasteiger partial charge in [-0.1, -0.05) is 0 Å². The highest BCUT2D eigenvalue weighted by Gasteiger charge is 2.10. The molecule has 0 aliphatic heterocycles. The molecular weight excluding hydrogens is 244 g/mol. The summed E-state index contributed by atoms with van der Waals surface area (Å²) in [5, 5.41) is 17.9. The molecule has 2 rings (SSSR count). The van der Waals surface area contributed by atoms with E-state index in [0.29, 0.717) is 16.9 Å². The standard InChI is InChI=1S/C14H10N2O3/c1-9-7-11(4-5-12(9)14(17)18)19-13-10(8-15)3-2-6-16-13/h2-7H,1H3,(H,17,18). The number of nitriles is 1. The Morgan fingerprint density at radius 1 is 1.42 bits per heavy atom. The van der Waals surface area contributed by atoms with Gasteiger partial charge in [0.05, 0.1) is 5.56 Å². The maximum atomic E-state index is 10.9. The topological polar surface area (TPSA) is 83.2 Å². The highest BCUT2D eigenvalue weighted by atomic mass is 16.5. The van der Waals surface area contributed by atoms with Crippen LogP contribution in [0, 0.1) is 18.3 Å². The van der Waals surface area contributed by atoms with Gasteiger partial charge in [-0.2, -0.15) is 5.26 Å². The Balaban J connectivity index is 2.32. The molecule has 0 amide bonds. The van der Waals surface area contributed by atoms with Crippen LogP contribution in [0.5, 0.6) is 11.6 Å². The molecule has 0 aliphatic rings. The van der Waals surface area contributed by atoms with Crippen molar-refractivity contribution >= 4 is 5.97 Å². The number of pyridine rings is 1. The minimum absolute atomic E-state index is 0.201. The third-order valence-corrected chi connectivity index (χ3v) is 2.53. The number of aromatic carboxylic acids is 1. The summed E-state index contributed by atoms with van der Waals surface area (Å²) in [4.78, 5) is 14.9. The van der Waals surface area contributed by atoms with Crippen molar-refractivity contribution < 1.29 is 14.6 Å². The van der Waals surface area contributed by atoms with Crippen LogP contribution >= 0.6 is 0 Å². The van der Waals surface area contributed by atoms with Crippen LogP contribution in [0.3, 0.4) is 0 Å². The molecule has 0 aliphatic carbocycles. The van der Waals surface area contributed by atoms with Crippen molar-refractivity contribution in [3.8, 4) is 17.7 Å². The van der Waals surface area contributed by atoms with Crippen LogP contribution in [-0.4, -0.2) is 16.1 Å². The molecule has 2 aromatic rings. The van der Waals surface area contributed by atoms with Gasteiger partial charge in [0, 0.05) is 6.20 Å². The number of ether oxygens (including phenoxy) is 1. The number of aryl methyl sites for hydroxylation is 1. The number of hydrogen-bond acceptors (Lipinski definition) is 4. The van der Waals surface area contributed by atoms with Crippen molar-refractivity contribution in [2.75, 3.05) is 0 Å². The first-order chi connectivity index (χ1) is 9.11. The molecular formula is C14H10N2O3. The number of benzene rings is 1.